The molecular weight excluding hydrogens is 323 g/mol. The van der Waals surface area contributed by atoms with Crippen molar-refractivity contribution >= 4 is 27.3 Å². The van der Waals surface area contributed by atoms with Crippen LogP contribution in [0.1, 0.15) is 28.4 Å². The van der Waals surface area contributed by atoms with Gasteiger partial charge in [0.2, 0.25) is 9.84 Å². The van der Waals surface area contributed by atoms with Crippen LogP contribution < -0.4 is 11.5 Å². The van der Waals surface area contributed by atoms with Crippen molar-refractivity contribution in [3.8, 4) is 0 Å². The molecule has 0 fully saturated rings. The second-order valence-corrected chi connectivity index (χ2v) is 6.34. The third-order valence-electron chi connectivity index (χ3n) is 2.95. The SMILES string of the molecule is CC1=CS(=O)(=O)c2cc(C(=O)N=C(N)N)c(C(F)(F)F)cc21. The standard InChI is InChI=1S/C12H10F3N3O3S/c1-5-4-22(20,21)9-3-7(10(19)18-11(16)17)8(2-6(5)9)12(13,14)15/h2-4H,1H3,(H4,16,17,18,19). The molecule has 0 aromatic heterocycles. The van der Waals surface area contributed by atoms with Gasteiger partial charge in [-0.25, -0.2) is 8.42 Å². The zero-order valence-corrected chi connectivity index (χ0v) is 11.9. The predicted octanol–water partition coefficient (Wildman–Crippen LogP) is 1.27. The number of hydrogen-bond donors (Lipinski definition) is 2. The van der Waals surface area contributed by atoms with Crippen LogP contribution in [0.4, 0.5) is 13.2 Å². The van der Waals surface area contributed by atoms with Crippen molar-refractivity contribution in [1.82, 2.24) is 0 Å². The summed E-state index contributed by atoms with van der Waals surface area (Å²) < 4.78 is 63.0. The number of amides is 1. The quantitative estimate of drug-likeness (QED) is 0.593. The first-order chi connectivity index (χ1) is 9.93. The van der Waals surface area contributed by atoms with E-state index in [1.54, 1.807) is 0 Å². The Kier molecular flexibility index (Phi) is 3.52. The summed E-state index contributed by atoms with van der Waals surface area (Å²) in [4.78, 5) is 14.4. The summed E-state index contributed by atoms with van der Waals surface area (Å²) in [7, 11) is -3.89. The molecule has 1 aliphatic rings. The maximum atomic E-state index is 13.1. The van der Waals surface area contributed by atoms with E-state index in [-0.39, 0.29) is 16.0 Å². The van der Waals surface area contributed by atoms with Gasteiger partial charge in [-0.05, 0) is 30.2 Å². The normalized spacial score (nSPS) is 15.9. The molecule has 0 atom stereocenters. The van der Waals surface area contributed by atoms with Crippen molar-refractivity contribution in [3.05, 3.63) is 34.2 Å². The highest BCUT2D eigenvalue weighted by Crippen LogP contribution is 2.40. The minimum Gasteiger partial charge on any atom is -0.370 e. The Labute approximate surface area is 123 Å². The minimum absolute atomic E-state index is 0.103. The van der Waals surface area contributed by atoms with Gasteiger partial charge in [0, 0.05) is 5.41 Å². The molecule has 0 spiro atoms. The molecule has 0 unspecified atom stereocenters. The second kappa shape index (κ2) is 4.83. The predicted molar refractivity (Wildman–Crippen MR) is 72.4 cm³/mol. The molecule has 0 radical (unpaired) electrons. The average molecular weight is 333 g/mol. The Hall–Kier alpha value is -2.36. The molecule has 22 heavy (non-hydrogen) atoms. The molecule has 1 aromatic rings. The van der Waals surface area contributed by atoms with E-state index in [1.807, 2.05) is 0 Å². The smallest absolute Gasteiger partial charge is 0.370 e. The van der Waals surface area contributed by atoms with Gasteiger partial charge >= 0.3 is 6.18 Å². The third-order valence-corrected chi connectivity index (χ3v) is 4.56. The molecule has 1 amide bonds. The molecule has 1 heterocycles. The van der Waals surface area contributed by atoms with Crippen LogP contribution in [0.25, 0.3) is 5.57 Å². The zero-order valence-electron chi connectivity index (χ0n) is 11.1. The van der Waals surface area contributed by atoms with Crippen LogP contribution in [0.2, 0.25) is 0 Å². The maximum absolute atomic E-state index is 13.1. The van der Waals surface area contributed by atoms with E-state index in [1.165, 1.54) is 6.92 Å². The highest BCUT2D eigenvalue weighted by Gasteiger charge is 2.38. The number of fused-ring (bicyclic) bond motifs is 1. The Morgan fingerprint density at radius 1 is 1.23 bits per heavy atom. The summed E-state index contributed by atoms with van der Waals surface area (Å²) in [5, 5.41) is 0.840. The lowest BCUT2D eigenvalue weighted by Crippen LogP contribution is -2.25. The first-order valence-electron chi connectivity index (χ1n) is 5.76. The molecule has 118 valence electrons. The number of hydrogen-bond acceptors (Lipinski definition) is 3. The maximum Gasteiger partial charge on any atom is 0.417 e. The molecule has 0 saturated heterocycles. The van der Waals surface area contributed by atoms with Crippen molar-refractivity contribution in [2.24, 2.45) is 16.5 Å². The molecular formula is C12H10F3N3O3S. The Balaban J connectivity index is 2.80. The molecule has 0 aliphatic carbocycles. The lowest BCUT2D eigenvalue weighted by Gasteiger charge is -2.13. The van der Waals surface area contributed by atoms with Crippen LogP contribution in [0, 0.1) is 0 Å². The van der Waals surface area contributed by atoms with Crippen LogP contribution >= 0.6 is 0 Å². The minimum atomic E-state index is -4.87. The summed E-state index contributed by atoms with van der Waals surface area (Å²) >= 11 is 0. The number of aliphatic imine (C=N–C) groups is 1. The van der Waals surface area contributed by atoms with Crippen LogP contribution in [0.5, 0.6) is 0 Å². The second-order valence-electron chi connectivity index (χ2n) is 4.58. The van der Waals surface area contributed by atoms with Gasteiger partial charge in [-0.3, -0.25) is 4.79 Å². The van der Waals surface area contributed by atoms with Gasteiger partial charge in [-0.2, -0.15) is 18.2 Å². The Bertz CT molecular complexity index is 835. The Morgan fingerprint density at radius 3 is 2.32 bits per heavy atom. The zero-order chi connectivity index (χ0) is 16.9. The number of guanidine groups is 1. The fourth-order valence-corrected chi connectivity index (χ4v) is 3.60. The van der Waals surface area contributed by atoms with Gasteiger partial charge in [0.05, 0.1) is 16.0 Å². The van der Waals surface area contributed by atoms with Crippen molar-refractivity contribution < 1.29 is 26.4 Å². The number of sulfone groups is 1. The number of rotatable bonds is 1. The number of carbonyl (C=O) groups is 1. The number of benzene rings is 1. The van der Waals surface area contributed by atoms with E-state index in [9.17, 15) is 26.4 Å². The highest BCUT2D eigenvalue weighted by atomic mass is 32.2. The molecule has 0 bridgehead atoms. The summed E-state index contributed by atoms with van der Waals surface area (Å²) in [5.74, 6) is -2.09. The first kappa shape index (κ1) is 16.0. The molecule has 4 N–H and O–H groups in total. The number of nitrogens with zero attached hydrogens (tertiary/aromatic N) is 1. The van der Waals surface area contributed by atoms with E-state index in [2.05, 4.69) is 4.99 Å². The third kappa shape index (κ3) is 2.69. The summed E-state index contributed by atoms with van der Waals surface area (Å²) in [6.45, 7) is 1.36. The van der Waals surface area contributed by atoms with Gasteiger partial charge in [0.25, 0.3) is 5.91 Å². The summed E-state index contributed by atoms with van der Waals surface area (Å²) in [6, 6.07) is 1.26. The lowest BCUT2D eigenvalue weighted by atomic mass is 9.99. The van der Waals surface area contributed by atoms with Gasteiger partial charge in [-0.15, -0.1) is 0 Å². The first-order valence-corrected chi connectivity index (χ1v) is 7.31. The molecule has 0 saturated carbocycles. The van der Waals surface area contributed by atoms with Crippen molar-refractivity contribution in [3.63, 3.8) is 0 Å². The molecule has 1 aromatic carbocycles. The van der Waals surface area contributed by atoms with E-state index in [0.29, 0.717) is 12.1 Å². The molecule has 10 heteroatoms. The van der Waals surface area contributed by atoms with E-state index in [4.69, 9.17) is 11.5 Å². The van der Waals surface area contributed by atoms with Crippen LogP contribution in [0.15, 0.2) is 27.4 Å². The highest BCUT2D eigenvalue weighted by molar-refractivity contribution is 7.95. The monoisotopic (exact) mass is 333 g/mol. The average Bonchev–Trinajstić information content (AvgIpc) is 2.56. The molecule has 2 rings (SSSR count). The topological polar surface area (TPSA) is 116 Å². The number of alkyl halides is 3. The van der Waals surface area contributed by atoms with Gasteiger partial charge in [0.15, 0.2) is 5.96 Å². The van der Waals surface area contributed by atoms with Crippen LogP contribution in [0.3, 0.4) is 0 Å². The van der Waals surface area contributed by atoms with Gasteiger partial charge in [-0.1, -0.05) is 0 Å². The lowest BCUT2D eigenvalue weighted by molar-refractivity contribution is -0.138. The number of halogens is 3. The summed E-state index contributed by atoms with van der Waals surface area (Å²) in [5.41, 5.74) is 7.78. The van der Waals surface area contributed by atoms with Crippen LogP contribution in [-0.4, -0.2) is 20.3 Å². The van der Waals surface area contributed by atoms with E-state index in [0.717, 1.165) is 5.41 Å². The number of nitrogens with two attached hydrogens (primary N) is 2. The van der Waals surface area contributed by atoms with E-state index < -0.39 is 39.0 Å². The Morgan fingerprint density at radius 2 is 1.82 bits per heavy atom. The molecule has 1 aliphatic heterocycles. The van der Waals surface area contributed by atoms with Crippen molar-refractivity contribution in [1.29, 1.82) is 0 Å². The summed E-state index contributed by atoms with van der Waals surface area (Å²) in [6.07, 6.45) is -4.87. The van der Waals surface area contributed by atoms with Gasteiger partial charge in [0.1, 0.15) is 0 Å². The van der Waals surface area contributed by atoms with E-state index >= 15 is 0 Å². The van der Waals surface area contributed by atoms with Gasteiger partial charge < -0.3 is 11.5 Å². The number of allylic oxidation sites excluding steroid dienone is 1. The fraction of sp³-hybridized carbons (Fsp3) is 0.167. The van der Waals surface area contributed by atoms with Crippen molar-refractivity contribution in [2.45, 2.75) is 18.0 Å². The van der Waals surface area contributed by atoms with Crippen molar-refractivity contribution in [2.75, 3.05) is 0 Å². The molecule has 6 nitrogen and oxygen atoms in total. The fourth-order valence-electron chi connectivity index (χ4n) is 2.07. The number of carbonyl (C=O) groups excluding carboxylic acids is 1. The van der Waals surface area contributed by atoms with Crippen LogP contribution in [-0.2, 0) is 16.0 Å². The largest absolute Gasteiger partial charge is 0.417 e.